The Morgan fingerprint density at radius 2 is 2.00 bits per heavy atom. The van der Waals surface area contributed by atoms with E-state index in [0.717, 1.165) is 43.1 Å². The molecule has 3 aromatic heterocycles. The van der Waals surface area contributed by atoms with Gasteiger partial charge < -0.3 is 10.1 Å². The molecule has 4 aromatic rings. The molecule has 1 aliphatic heterocycles. The Balaban J connectivity index is 1.36. The molecule has 0 bridgehead atoms. The highest BCUT2D eigenvalue weighted by molar-refractivity contribution is 8.00. The molecule has 168 valence electrons. The molecule has 4 heterocycles. The summed E-state index contributed by atoms with van der Waals surface area (Å²) in [6.45, 7) is 6.22. The van der Waals surface area contributed by atoms with Gasteiger partial charge >= 0.3 is 0 Å². The van der Waals surface area contributed by atoms with E-state index < -0.39 is 0 Å². The maximum Gasteiger partial charge on any atom is 0.234 e. The molecular weight excluding hydrogens is 456 g/mol. The van der Waals surface area contributed by atoms with E-state index in [1.807, 2.05) is 0 Å². The third-order valence-corrected chi connectivity index (χ3v) is 7.72. The van der Waals surface area contributed by atoms with Gasteiger partial charge in [0.05, 0.1) is 33.9 Å². The third-order valence-electron chi connectivity index (χ3n) is 5.51. The number of fused-ring (bicyclic) bond motifs is 4. The molecule has 0 atom stereocenters. The van der Waals surface area contributed by atoms with Crippen molar-refractivity contribution >= 4 is 60.9 Å². The van der Waals surface area contributed by atoms with Gasteiger partial charge in [0, 0.05) is 28.6 Å². The zero-order valence-electron chi connectivity index (χ0n) is 18.5. The van der Waals surface area contributed by atoms with Crippen LogP contribution in [0.25, 0.3) is 20.4 Å². The van der Waals surface area contributed by atoms with Crippen molar-refractivity contribution in [3.8, 4) is 0 Å². The molecule has 33 heavy (non-hydrogen) atoms. The number of Topliss-reactive ketones (excluding diaryl/α,β-unsaturated/α-hetero) is 1. The van der Waals surface area contributed by atoms with Crippen molar-refractivity contribution in [3.05, 3.63) is 53.5 Å². The van der Waals surface area contributed by atoms with Crippen molar-refractivity contribution in [2.45, 2.75) is 44.4 Å². The Labute approximate surface area is 199 Å². The quantitative estimate of drug-likeness (QED) is 0.244. The average molecular weight is 479 g/mol. The number of carbonyl (C=O) groups is 2. The van der Waals surface area contributed by atoms with Crippen molar-refractivity contribution < 1.29 is 14.3 Å². The van der Waals surface area contributed by atoms with Crippen molar-refractivity contribution in [3.63, 3.8) is 0 Å². The first-order valence-corrected chi connectivity index (χ1v) is 12.3. The van der Waals surface area contributed by atoms with Crippen LogP contribution in [0.4, 0.5) is 5.69 Å². The minimum atomic E-state index is -0.217. The number of nitrogens with one attached hydrogen (secondary N) is 1. The number of ether oxygens (including phenoxy) is 1. The highest BCUT2D eigenvalue weighted by Gasteiger charge is 2.28. The van der Waals surface area contributed by atoms with E-state index in [1.165, 1.54) is 25.0 Å². The highest BCUT2D eigenvalue weighted by Crippen LogP contribution is 2.38. The second-order valence-electron chi connectivity index (χ2n) is 8.60. The first kappa shape index (κ1) is 21.9. The summed E-state index contributed by atoms with van der Waals surface area (Å²) in [5.74, 6) is 0.0587. The van der Waals surface area contributed by atoms with Gasteiger partial charge in [0.1, 0.15) is 16.2 Å². The monoisotopic (exact) mass is 478 g/mol. The van der Waals surface area contributed by atoms with Gasteiger partial charge in [0.25, 0.3) is 0 Å². The van der Waals surface area contributed by atoms with Crippen LogP contribution in [0.1, 0.15) is 42.4 Å². The number of anilines is 1. The summed E-state index contributed by atoms with van der Waals surface area (Å²) in [4.78, 5) is 38.7. The molecule has 1 N–H and O–H groups in total. The number of benzene rings is 1. The summed E-state index contributed by atoms with van der Waals surface area (Å²) in [6.07, 6.45) is 2.31. The standard InChI is InChI=1S/C24H22N4O3S2/c1-13(29)14-4-6-16(7-5-14)27-19(30)11-32-23-21-20(25-12-26-23)17-8-15-10-31-24(2,3)9-18(15)28-22(17)33-21/h4-8,12H,9-11H2,1-3H3,(H,27,30). The van der Waals surface area contributed by atoms with Crippen molar-refractivity contribution in [1.29, 1.82) is 0 Å². The van der Waals surface area contributed by atoms with E-state index in [0.29, 0.717) is 17.9 Å². The molecule has 0 fully saturated rings. The SMILES string of the molecule is CC(=O)c1ccc(NC(=O)CSc2ncnc3c2sc2nc4c(cc23)COC(C)(C)C4)cc1. The normalized spacial score (nSPS) is 14.9. The smallest absolute Gasteiger partial charge is 0.234 e. The Morgan fingerprint density at radius 1 is 1.21 bits per heavy atom. The number of ketones is 1. The summed E-state index contributed by atoms with van der Waals surface area (Å²) in [5.41, 5.74) is 4.08. The molecule has 0 unspecified atom stereocenters. The minimum absolute atomic E-state index is 0.00822. The topological polar surface area (TPSA) is 94.1 Å². The fourth-order valence-electron chi connectivity index (χ4n) is 3.79. The Morgan fingerprint density at radius 3 is 2.76 bits per heavy atom. The van der Waals surface area contributed by atoms with Gasteiger partial charge in [-0.05, 0) is 51.1 Å². The number of amides is 1. The Hall–Kier alpha value is -2.88. The molecule has 9 heteroatoms. The number of carbonyl (C=O) groups excluding carboxylic acids is 2. The van der Waals surface area contributed by atoms with E-state index in [4.69, 9.17) is 9.72 Å². The molecule has 1 aliphatic rings. The summed E-state index contributed by atoms with van der Waals surface area (Å²) < 4.78 is 6.89. The molecule has 7 nitrogen and oxygen atoms in total. The number of aromatic nitrogens is 3. The molecule has 0 saturated heterocycles. The lowest BCUT2D eigenvalue weighted by Crippen LogP contribution is -2.32. The fraction of sp³-hybridized carbons (Fsp3) is 0.292. The van der Waals surface area contributed by atoms with Gasteiger partial charge in [-0.1, -0.05) is 11.8 Å². The summed E-state index contributed by atoms with van der Waals surface area (Å²) in [6, 6.07) is 8.99. The van der Waals surface area contributed by atoms with Gasteiger partial charge in [-0.3, -0.25) is 9.59 Å². The average Bonchev–Trinajstić information content (AvgIpc) is 3.14. The lowest BCUT2D eigenvalue weighted by atomic mass is 9.95. The summed E-state index contributed by atoms with van der Waals surface area (Å²) in [7, 11) is 0. The second-order valence-corrected chi connectivity index (χ2v) is 10.6. The van der Waals surface area contributed by atoms with Crippen molar-refractivity contribution in [2.75, 3.05) is 11.1 Å². The van der Waals surface area contributed by atoms with Crippen molar-refractivity contribution in [2.24, 2.45) is 0 Å². The lowest BCUT2D eigenvalue weighted by molar-refractivity contribution is -0.113. The Bertz CT molecular complexity index is 1400. The number of hydrogen-bond donors (Lipinski definition) is 1. The summed E-state index contributed by atoms with van der Waals surface area (Å²) >= 11 is 2.93. The predicted octanol–water partition coefficient (Wildman–Crippen LogP) is 5.02. The van der Waals surface area contributed by atoms with E-state index in [1.54, 1.807) is 35.6 Å². The zero-order chi connectivity index (χ0) is 23.2. The molecule has 0 aliphatic carbocycles. The lowest BCUT2D eigenvalue weighted by Gasteiger charge is -2.30. The van der Waals surface area contributed by atoms with Crippen LogP contribution in [-0.4, -0.2) is 38.0 Å². The van der Waals surface area contributed by atoms with Gasteiger partial charge in [0.2, 0.25) is 5.91 Å². The van der Waals surface area contributed by atoms with E-state index in [-0.39, 0.29) is 23.0 Å². The van der Waals surface area contributed by atoms with Gasteiger partial charge in [-0.15, -0.1) is 11.3 Å². The number of rotatable bonds is 5. The van der Waals surface area contributed by atoms with Crippen LogP contribution in [0.15, 0.2) is 41.7 Å². The molecule has 1 amide bonds. The largest absolute Gasteiger partial charge is 0.370 e. The van der Waals surface area contributed by atoms with Gasteiger partial charge in [0.15, 0.2) is 5.78 Å². The number of thiophene rings is 1. The molecule has 0 radical (unpaired) electrons. The highest BCUT2D eigenvalue weighted by atomic mass is 32.2. The van der Waals surface area contributed by atoms with E-state index >= 15 is 0 Å². The number of nitrogens with zero attached hydrogens (tertiary/aromatic N) is 3. The molecular formula is C24H22N4O3S2. The number of thioether (sulfide) groups is 1. The van der Waals surface area contributed by atoms with Crippen LogP contribution in [0.3, 0.4) is 0 Å². The maximum atomic E-state index is 12.5. The third kappa shape index (κ3) is 4.48. The molecule has 0 spiro atoms. The second kappa shape index (κ2) is 8.48. The predicted molar refractivity (Wildman–Crippen MR) is 131 cm³/mol. The van der Waals surface area contributed by atoms with Crippen LogP contribution in [-0.2, 0) is 22.6 Å². The fourth-order valence-corrected chi connectivity index (χ4v) is 5.79. The van der Waals surface area contributed by atoms with Crippen LogP contribution in [0, 0.1) is 0 Å². The maximum absolute atomic E-state index is 12.5. The number of pyridine rings is 1. The van der Waals surface area contributed by atoms with Crippen LogP contribution >= 0.6 is 23.1 Å². The van der Waals surface area contributed by atoms with Gasteiger partial charge in [-0.25, -0.2) is 15.0 Å². The van der Waals surface area contributed by atoms with Gasteiger partial charge in [-0.2, -0.15) is 0 Å². The number of hydrogen-bond acceptors (Lipinski definition) is 8. The zero-order valence-corrected chi connectivity index (χ0v) is 20.1. The van der Waals surface area contributed by atoms with E-state index in [2.05, 4.69) is 35.2 Å². The van der Waals surface area contributed by atoms with Crippen LogP contribution < -0.4 is 5.32 Å². The first-order chi connectivity index (χ1) is 15.8. The molecule has 0 saturated carbocycles. The van der Waals surface area contributed by atoms with Crippen LogP contribution in [0.2, 0.25) is 0 Å². The molecule has 5 rings (SSSR count). The van der Waals surface area contributed by atoms with Crippen molar-refractivity contribution in [1.82, 2.24) is 15.0 Å². The minimum Gasteiger partial charge on any atom is -0.370 e. The van der Waals surface area contributed by atoms with E-state index in [9.17, 15) is 9.59 Å². The van der Waals surface area contributed by atoms with Crippen LogP contribution in [0.5, 0.6) is 0 Å². The molecule has 1 aromatic carbocycles. The first-order valence-electron chi connectivity index (χ1n) is 10.5. The summed E-state index contributed by atoms with van der Waals surface area (Å²) in [5, 5.41) is 4.62. The Kier molecular flexibility index (Phi) is 5.64.